The van der Waals surface area contributed by atoms with Crippen LogP contribution < -0.4 is 9.64 Å². The number of ketones is 2. The quantitative estimate of drug-likeness (QED) is 0.661. The van der Waals surface area contributed by atoms with Gasteiger partial charge in [-0.05, 0) is 56.3 Å². The van der Waals surface area contributed by atoms with E-state index in [0.717, 1.165) is 0 Å². The zero-order valence-corrected chi connectivity index (χ0v) is 17.2. The summed E-state index contributed by atoms with van der Waals surface area (Å²) in [5.74, 6) is -0.259. The van der Waals surface area contributed by atoms with Gasteiger partial charge in [0.2, 0.25) is 0 Å². The molecule has 2 aromatic rings. The van der Waals surface area contributed by atoms with Crippen LogP contribution in [0.15, 0.2) is 46.9 Å². The number of ether oxygens (including phenoxy) is 1. The minimum absolute atomic E-state index is 0.0262. The van der Waals surface area contributed by atoms with E-state index >= 15 is 0 Å². The lowest BCUT2D eigenvalue weighted by Crippen LogP contribution is -2.43. The molecule has 146 valence electrons. The van der Waals surface area contributed by atoms with Crippen molar-refractivity contribution in [3.8, 4) is 5.75 Å². The molecule has 0 aromatic heterocycles. The molecule has 0 saturated heterocycles. The summed E-state index contributed by atoms with van der Waals surface area (Å²) in [6, 6.07) is 11.9. The average Bonchev–Trinajstić information content (AvgIpc) is 2.83. The highest BCUT2D eigenvalue weighted by atomic mass is 79.9. The maximum absolute atomic E-state index is 12.9. The van der Waals surface area contributed by atoms with Crippen molar-refractivity contribution in [2.24, 2.45) is 0 Å². The number of carbonyl (C=O) groups is 3. The van der Waals surface area contributed by atoms with E-state index in [-0.39, 0.29) is 31.1 Å². The fraction of sp³-hybridized carbons (Fsp3) is 0.286. The number of fused-ring (bicyclic) bond motifs is 1. The summed E-state index contributed by atoms with van der Waals surface area (Å²) in [6.07, 6.45) is -0.279. The van der Waals surface area contributed by atoms with Gasteiger partial charge in [0, 0.05) is 22.0 Å². The van der Waals surface area contributed by atoms with Gasteiger partial charge < -0.3 is 14.7 Å². The number of Topliss-reactive ketones (excluding diaryl/α,β-unsaturated/α-hetero) is 2. The molecule has 0 radical (unpaired) electrons. The fourth-order valence-electron chi connectivity index (χ4n) is 3.32. The lowest BCUT2D eigenvalue weighted by Gasteiger charge is -2.22. The van der Waals surface area contributed by atoms with Crippen LogP contribution in [0, 0.1) is 0 Å². The van der Waals surface area contributed by atoms with Crippen LogP contribution in [0.1, 0.15) is 36.2 Å². The standard InChI is InChI=1S/C21H20BrNO5/c1-13(24)12-21(27)18-11-16(22)5-8-19(18)23(20(21)26)9-10-28-17-6-3-15(4-7-17)14(2)25/h3-8,11,27H,9-10,12H2,1-2H3. The fourth-order valence-corrected chi connectivity index (χ4v) is 3.68. The first-order valence-corrected chi connectivity index (χ1v) is 9.59. The normalized spacial score (nSPS) is 18.1. The van der Waals surface area contributed by atoms with Gasteiger partial charge in [-0.2, -0.15) is 0 Å². The van der Waals surface area contributed by atoms with Crippen LogP contribution in [-0.4, -0.2) is 35.7 Å². The molecule has 1 heterocycles. The van der Waals surface area contributed by atoms with E-state index in [1.807, 2.05) is 0 Å². The van der Waals surface area contributed by atoms with Crippen molar-refractivity contribution in [1.29, 1.82) is 0 Å². The molecule has 0 bridgehead atoms. The van der Waals surface area contributed by atoms with Gasteiger partial charge in [0.25, 0.3) is 5.91 Å². The summed E-state index contributed by atoms with van der Waals surface area (Å²) in [6.45, 7) is 3.24. The number of anilines is 1. The van der Waals surface area contributed by atoms with Crippen molar-refractivity contribution in [3.05, 3.63) is 58.1 Å². The monoisotopic (exact) mass is 445 g/mol. The van der Waals surface area contributed by atoms with Gasteiger partial charge in [-0.1, -0.05) is 15.9 Å². The number of benzene rings is 2. The largest absolute Gasteiger partial charge is 0.492 e. The predicted molar refractivity (Wildman–Crippen MR) is 108 cm³/mol. The van der Waals surface area contributed by atoms with Gasteiger partial charge in [0.1, 0.15) is 18.1 Å². The van der Waals surface area contributed by atoms with E-state index in [0.29, 0.717) is 27.0 Å². The van der Waals surface area contributed by atoms with Crippen molar-refractivity contribution in [1.82, 2.24) is 0 Å². The molecule has 0 aliphatic carbocycles. The lowest BCUT2D eigenvalue weighted by atomic mass is 9.90. The van der Waals surface area contributed by atoms with E-state index in [1.54, 1.807) is 42.5 Å². The van der Waals surface area contributed by atoms with E-state index in [2.05, 4.69) is 15.9 Å². The Hall–Kier alpha value is -2.51. The summed E-state index contributed by atoms with van der Waals surface area (Å²) >= 11 is 3.35. The summed E-state index contributed by atoms with van der Waals surface area (Å²) in [5.41, 5.74) is -0.301. The number of halogens is 1. The van der Waals surface area contributed by atoms with Crippen LogP contribution in [0.5, 0.6) is 5.75 Å². The third-order valence-electron chi connectivity index (χ3n) is 4.64. The van der Waals surface area contributed by atoms with Crippen LogP contribution in [-0.2, 0) is 15.2 Å². The zero-order valence-electron chi connectivity index (χ0n) is 15.6. The summed E-state index contributed by atoms with van der Waals surface area (Å²) in [4.78, 5) is 37.3. The highest BCUT2D eigenvalue weighted by Crippen LogP contribution is 2.43. The van der Waals surface area contributed by atoms with Gasteiger partial charge in [-0.25, -0.2) is 0 Å². The van der Waals surface area contributed by atoms with Gasteiger partial charge in [-0.3, -0.25) is 14.4 Å². The van der Waals surface area contributed by atoms with Gasteiger partial charge in [-0.15, -0.1) is 0 Å². The Kier molecular flexibility index (Phi) is 5.67. The van der Waals surface area contributed by atoms with Crippen molar-refractivity contribution < 1.29 is 24.2 Å². The smallest absolute Gasteiger partial charge is 0.264 e. The highest BCUT2D eigenvalue weighted by Gasteiger charge is 2.50. The molecule has 0 saturated carbocycles. The molecule has 28 heavy (non-hydrogen) atoms. The third-order valence-corrected chi connectivity index (χ3v) is 5.14. The molecular formula is C21H20BrNO5. The Morgan fingerprint density at radius 2 is 1.82 bits per heavy atom. The first-order chi connectivity index (χ1) is 13.2. The molecule has 1 aliphatic rings. The van der Waals surface area contributed by atoms with Gasteiger partial charge in [0.05, 0.1) is 12.2 Å². The maximum atomic E-state index is 12.9. The Morgan fingerprint density at radius 3 is 2.43 bits per heavy atom. The Balaban J connectivity index is 1.76. The Labute approximate surface area is 171 Å². The molecule has 1 aliphatic heterocycles. The van der Waals surface area contributed by atoms with Crippen molar-refractivity contribution >= 4 is 39.1 Å². The molecule has 1 atom stereocenters. The summed E-state index contributed by atoms with van der Waals surface area (Å²) in [7, 11) is 0. The highest BCUT2D eigenvalue weighted by molar-refractivity contribution is 9.10. The van der Waals surface area contributed by atoms with E-state index < -0.39 is 11.5 Å². The maximum Gasteiger partial charge on any atom is 0.264 e. The molecule has 7 heteroatoms. The lowest BCUT2D eigenvalue weighted by molar-refractivity contribution is -0.141. The summed E-state index contributed by atoms with van der Waals surface area (Å²) in [5, 5.41) is 11.0. The molecule has 3 rings (SSSR count). The van der Waals surface area contributed by atoms with Crippen molar-refractivity contribution in [2.45, 2.75) is 25.9 Å². The van der Waals surface area contributed by atoms with Gasteiger partial charge in [0.15, 0.2) is 11.4 Å². The number of rotatable bonds is 7. The number of hydrogen-bond acceptors (Lipinski definition) is 5. The molecular weight excluding hydrogens is 426 g/mol. The van der Waals surface area contributed by atoms with E-state index in [1.165, 1.54) is 18.7 Å². The van der Waals surface area contributed by atoms with Crippen LogP contribution in [0.3, 0.4) is 0 Å². The Morgan fingerprint density at radius 1 is 1.14 bits per heavy atom. The molecule has 1 N–H and O–H groups in total. The average molecular weight is 446 g/mol. The topological polar surface area (TPSA) is 83.9 Å². The first kappa shape index (κ1) is 20.2. The number of nitrogens with zero attached hydrogens (tertiary/aromatic N) is 1. The van der Waals surface area contributed by atoms with Gasteiger partial charge >= 0.3 is 0 Å². The third kappa shape index (κ3) is 3.86. The van der Waals surface area contributed by atoms with Crippen LogP contribution >= 0.6 is 15.9 Å². The molecule has 1 amide bonds. The second-order valence-electron chi connectivity index (χ2n) is 6.79. The van der Waals surface area contributed by atoms with Crippen molar-refractivity contribution in [2.75, 3.05) is 18.1 Å². The zero-order chi connectivity index (χ0) is 20.5. The molecule has 1 unspecified atom stereocenters. The first-order valence-electron chi connectivity index (χ1n) is 8.80. The minimum Gasteiger partial charge on any atom is -0.492 e. The molecule has 0 spiro atoms. The number of hydrogen-bond donors (Lipinski definition) is 1. The second-order valence-corrected chi connectivity index (χ2v) is 7.70. The molecule has 6 nitrogen and oxygen atoms in total. The van der Waals surface area contributed by atoms with Crippen molar-refractivity contribution in [3.63, 3.8) is 0 Å². The number of amides is 1. The molecule has 2 aromatic carbocycles. The number of carbonyl (C=O) groups excluding carboxylic acids is 3. The van der Waals surface area contributed by atoms with Crippen LogP contribution in [0.2, 0.25) is 0 Å². The SMILES string of the molecule is CC(=O)CC1(O)C(=O)N(CCOc2ccc(C(C)=O)cc2)c2ccc(Br)cc21. The minimum atomic E-state index is -1.87. The second kappa shape index (κ2) is 7.85. The van der Waals surface area contributed by atoms with Crippen LogP contribution in [0.25, 0.3) is 0 Å². The summed E-state index contributed by atoms with van der Waals surface area (Å²) < 4.78 is 6.39. The van der Waals surface area contributed by atoms with E-state index in [4.69, 9.17) is 4.74 Å². The molecule has 0 fully saturated rings. The predicted octanol–water partition coefficient (Wildman–Crippen LogP) is 3.24. The Bertz CT molecular complexity index is 940. The van der Waals surface area contributed by atoms with Crippen LogP contribution in [0.4, 0.5) is 5.69 Å². The number of aliphatic hydroxyl groups is 1. The van der Waals surface area contributed by atoms with E-state index in [9.17, 15) is 19.5 Å².